The van der Waals surface area contributed by atoms with Crippen LogP contribution in [0, 0.1) is 17.2 Å². The summed E-state index contributed by atoms with van der Waals surface area (Å²) in [5.41, 5.74) is -1.70. The van der Waals surface area contributed by atoms with Gasteiger partial charge in [-0.1, -0.05) is 0 Å². The molecule has 1 N–H and O–H groups in total. The van der Waals surface area contributed by atoms with Gasteiger partial charge < -0.3 is 10.2 Å². The number of nitrogens with one attached hydrogen (secondary N) is 1. The van der Waals surface area contributed by atoms with Crippen LogP contribution in [0.5, 0.6) is 0 Å². The number of carbonyl (C=O) groups is 1. The molecular weight excluding hydrogens is 304 g/mol. The molecule has 0 spiro atoms. The van der Waals surface area contributed by atoms with Crippen molar-refractivity contribution in [2.24, 2.45) is 5.92 Å². The van der Waals surface area contributed by atoms with Gasteiger partial charge in [0, 0.05) is 13.1 Å². The first kappa shape index (κ1) is 17.6. The second kappa shape index (κ2) is 5.71. The van der Waals surface area contributed by atoms with Crippen LogP contribution in [-0.4, -0.2) is 48.8 Å². The normalized spacial score (nSPS) is 20.1. The van der Waals surface area contributed by atoms with Gasteiger partial charge in [0.1, 0.15) is 5.54 Å². The zero-order valence-electron chi connectivity index (χ0n) is 11.0. The fourth-order valence-corrected chi connectivity index (χ4v) is 2.06. The molecule has 0 aliphatic carbocycles. The van der Waals surface area contributed by atoms with Crippen molar-refractivity contribution in [3.8, 4) is 6.07 Å². The highest BCUT2D eigenvalue weighted by atomic mass is 19.4. The Balaban J connectivity index is 2.94. The summed E-state index contributed by atoms with van der Waals surface area (Å²) in [6.45, 7) is 0.576. The van der Waals surface area contributed by atoms with Gasteiger partial charge in [0.2, 0.25) is 11.8 Å². The zero-order valence-corrected chi connectivity index (χ0v) is 11.0. The van der Waals surface area contributed by atoms with E-state index in [1.165, 1.54) is 0 Å². The number of hydrogen-bond donors (Lipinski definition) is 1. The molecule has 0 radical (unpaired) electrons. The summed E-state index contributed by atoms with van der Waals surface area (Å²) in [4.78, 5) is 13.2. The van der Waals surface area contributed by atoms with Crippen LogP contribution in [0.1, 0.15) is 12.8 Å². The first-order valence-electron chi connectivity index (χ1n) is 5.96. The Kier molecular flexibility index (Phi) is 4.77. The average Bonchev–Trinajstić information content (AvgIpc) is 2.28. The van der Waals surface area contributed by atoms with Crippen LogP contribution in [0.4, 0.5) is 26.3 Å². The Morgan fingerprint density at radius 3 is 1.95 bits per heavy atom. The summed E-state index contributed by atoms with van der Waals surface area (Å²) in [7, 11) is 1.69. The number of carbonyl (C=O) groups excluding carboxylic acids is 1. The number of nitrogens with zero attached hydrogens (tertiary/aromatic N) is 2. The summed E-state index contributed by atoms with van der Waals surface area (Å²) in [5.74, 6) is -6.36. The molecule has 120 valence electrons. The first-order chi connectivity index (χ1) is 9.41. The van der Waals surface area contributed by atoms with Gasteiger partial charge in [-0.2, -0.15) is 31.6 Å². The van der Waals surface area contributed by atoms with Crippen molar-refractivity contribution in [2.45, 2.75) is 30.7 Å². The van der Waals surface area contributed by atoms with Crippen molar-refractivity contribution >= 4 is 5.91 Å². The lowest BCUT2D eigenvalue weighted by molar-refractivity contribution is -0.274. The number of likely N-dealkylation sites (tertiary alicyclic amines) is 1. The summed E-state index contributed by atoms with van der Waals surface area (Å²) in [6, 6.07) is 1.63. The third-order valence-corrected chi connectivity index (χ3v) is 3.33. The molecule has 0 atom stereocenters. The number of amides is 1. The molecule has 1 saturated heterocycles. The predicted octanol–water partition coefficient (Wildman–Crippen LogP) is 1.83. The van der Waals surface area contributed by atoms with Gasteiger partial charge in [-0.3, -0.25) is 4.79 Å². The molecule has 1 aliphatic rings. The summed E-state index contributed by atoms with van der Waals surface area (Å²) < 4.78 is 74.6. The number of hydrogen-bond acceptors (Lipinski definition) is 3. The van der Waals surface area contributed by atoms with E-state index in [4.69, 9.17) is 5.26 Å². The van der Waals surface area contributed by atoms with Gasteiger partial charge in [-0.05, 0) is 19.9 Å². The van der Waals surface area contributed by atoms with Crippen LogP contribution in [0.3, 0.4) is 0 Å². The Morgan fingerprint density at radius 2 is 1.62 bits per heavy atom. The van der Waals surface area contributed by atoms with Gasteiger partial charge in [-0.25, -0.2) is 0 Å². The molecule has 1 amide bonds. The third kappa shape index (κ3) is 4.23. The topological polar surface area (TPSA) is 56.1 Å². The first-order valence-corrected chi connectivity index (χ1v) is 5.96. The van der Waals surface area contributed by atoms with E-state index in [2.05, 4.69) is 0 Å². The van der Waals surface area contributed by atoms with Crippen molar-refractivity contribution in [2.75, 3.05) is 20.1 Å². The van der Waals surface area contributed by atoms with Crippen molar-refractivity contribution in [1.82, 2.24) is 10.2 Å². The molecule has 0 unspecified atom stereocenters. The van der Waals surface area contributed by atoms with E-state index in [9.17, 15) is 31.1 Å². The van der Waals surface area contributed by atoms with Crippen LogP contribution < -0.4 is 5.32 Å². The van der Waals surface area contributed by atoms with Crippen LogP contribution in [-0.2, 0) is 4.79 Å². The molecule has 0 saturated carbocycles. The highest BCUT2D eigenvalue weighted by molar-refractivity contribution is 5.81. The molecule has 0 bridgehead atoms. The lowest BCUT2D eigenvalue weighted by Gasteiger charge is -2.37. The maximum absolute atomic E-state index is 12.4. The van der Waals surface area contributed by atoms with Crippen molar-refractivity contribution in [3.05, 3.63) is 0 Å². The van der Waals surface area contributed by atoms with Crippen LogP contribution in [0.15, 0.2) is 0 Å². The molecule has 1 fully saturated rings. The second-order valence-electron chi connectivity index (χ2n) is 5.00. The Labute approximate surface area is 116 Å². The van der Waals surface area contributed by atoms with Crippen LogP contribution in [0.2, 0.25) is 0 Å². The fraction of sp³-hybridized carbons (Fsp3) is 0.818. The molecule has 1 heterocycles. The quantitative estimate of drug-likeness (QED) is 0.791. The Morgan fingerprint density at radius 1 is 1.19 bits per heavy atom. The SMILES string of the molecule is CN1CCC(C#N)(NC(=O)C(C(F)(F)F)C(F)(F)F)CC1. The lowest BCUT2D eigenvalue weighted by Crippen LogP contribution is -2.58. The molecule has 0 aromatic rings. The smallest absolute Gasteiger partial charge is 0.337 e. The summed E-state index contributed by atoms with van der Waals surface area (Å²) in [5, 5.41) is 10.7. The van der Waals surface area contributed by atoms with Crippen molar-refractivity contribution < 1.29 is 31.1 Å². The summed E-state index contributed by atoms with van der Waals surface area (Å²) in [6.07, 6.45) is -11.6. The van der Waals surface area contributed by atoms with E-state index in [1.54, 1.807) is 23.3 Å². The maximum Gasteiger partial charge on any atom is 0.409 e. The summed E-state index contributed by atoms with van der Waals surface area (Å²) >= 11 is 0. The standard InChI is InChI=1S/C11H13F6N3O/c1-20-4-2-9(6-18,3-5-20)19-8(21)7(10(12,13)14)11(15,16)17/h7H,2-5H2,1H3,(H,19,21). The van der Waals surface area contributed by atoms with Gasteiger partial charge in [0.15, 0.2) is 0 Å². The minimum atomic E-state index is -5.76. The third-order valence-electron chi connectivity index (χ3n) is 3.33. The highest BCUT2D eigenvalue weighted by Gasteiger charge is 2.62. The average molecular weight is 317 g/mol. The zero-order chi connectivity index (χ0) is 16.5. The monoisotopic (exact) mass is 317 g/mol. The van der Waals surface area contributed by atoms with E-state index in [-0.39, 0.29) is 25.9 Å². The largest absolute Gasteiger partial charge is 0.409 e. The number of nitriles is 1. The minimum absolute atomic E-state index is 0.0336. The Bertz CT molecular complexity index is 417. The molecule has 1 rings (SSSR count). The number of piperidine rings is 1. The van der Waals surface area contributed by atoms with Crippen molar-refractivity contribution in [1.29, 1.82) is 5.26 Å². The molecule has 10 heteroatoms. The fourth-order valence-electron chi connectivity index (χ4n) is 2.06. The van der Waals surface area contributed by atoms with E-state index in [0.717, 1.165) is 0 Å². The number of alkyl halides is 6. The van der Waals surface area contributed by atoms with Crippen molar-refractivity contribution in [3.63, 3.8) is 0 Å². The van der Waals surface area contributed by atoms with E-state index in [0.29, 0.717) is 0 Å². The highest BCUT2D eigenvalue weighted by Crippen LogP contribution is 2.40. The second-order valence-corrected chi connectivity index (χ2v) is 5.00. The number of rotatable bonds is 2. The van der Waals surface area contributed by atoms with E-state index in [1.807, 2.05) is 0 Å². The maximum atomic E-state index is 12.4. The van der Waals surface area contributed by atoms with E-state index < -0.39 is 29.7 Å². The molecule has 4 nitrogen and oxygen atoms in total. The predicted molar refractivity (Wildman–Crippen MR) is 58.8 cm³/mol. The van der Waals surface area contributed by atoms with Gasteiger partial charge in [0.05, 0.1) is 6.07 Å². The van der Waals surface area contributed by atoms with Crippen LogP contribution >= 0.6 is 0 Å². The van der Waals surface area contributed by atoms with Crippen LogP contribution in [0.25, 0.3) is 0 Å². The molecule has 1 aliphatic heterocycles. The molecule has 0 aromatic heterocycles. The Hall–Kier alpha value is -1.50. The lowest BCUT2D eigenvalue weighted by atomic mass is 9.88. The van der Waals surface area contributed by atoms with Gasteiger partial charge in [0.25, 0.3) is 0 Å². The van der Waals surface area contributed by atoms with Gasteiger partial charge in [-0.15, -0.1) is 0 Å². The minimum Gasteiger partial charge on any atom is -0.337 e. The van der Waals surface area contributed by atoms with Gasteiger partial charge >= 0.3 is 12.4 Å². The molecule has 0 aromatic carbocycles. The van der Waals surface area contributed by atoms with E-state index >= 15 is 0 Å². The number of halogens is 6. The molecular formula is C11H13F6N3O. The molecule has 21 heavy (non-hydrogen) atoms.